The second-order valence-corrected chi connectivity index (χ2v) is 6.54. The lowest BCUT2D eigenvalue weighted by atomic mass is 10.2. The summed E-state index contributed by atoms with van der Waals surface area (Å²) >= 11 is 5.29. The first-order valence-electron chi connectivity index (χ1n) is 5.99. The number of halogens is 1. The summed E-state index contributed by atoms with van der Waals surface area (Å²) in [5, 5.41) is 1.56. The predicted octanol–water partition coefficient (Wildman–Crippen LogP) is 3.30. The molecule has 0 saturated carbocycles. The van der Waals surface area contributed by atoms with Crippen LogP contribution in [0.15, 0.2) is 15.7 Å². The Morgan fingerprint density at radius 2 is 2.17 bits per heavy atom. The van der Waals surface area contributed by atoms with E-state index < -0.39 is 0 Å². The molecule has 1 N–H and O–H groups in total. The summed E-state index contributed by atoms with van der Waals surface area (Å²) in [6.07, 6.45) is 2.19. The number of aryl methyl sites for hydroxylation is 1. The molecule has 96 valence electrons. The third-order valence-electron chi connectivity index (χ3n) is 3.03. The molecule has 0 bridgehead atoms. The third-order valence-corrected chi connectivity index (χ3v) is 5.05. The zero-order valence-electron chi connectivity index (χ0n) is 10.1. The first-order valence-corrected chi connectivity index (χ1v) is 7.67. The molecule has 2 aromatic rings. The van der Waals surface area contributed by atoms with Crippen LogP contribution in [0.3, 0.4) is 0 Å². The van der Waals surface area contributed by atoms with Crippen molar-refractivity contribution in [1.29, 1.82) is 0 Å². The van der Waals surface area contributed by atoms with Crippen LogP contribution in [0.1, 0.15) is 18.5 Å². The van der Waals surface area contributed by atoms with E-state index in [1.54, 1.807) is 11.8 Å². The van der Waals surface area contributed by atoms with E-state index in [4.69, 9.17) is 4.74 Å². The average Bonchev–Trinajstić information content (AvgIpc) is 2.72. The SMILES string of the molecule is Cc1nc2nc(SC3CCOCC3)[nH]c2cc1Br. The maximum atomic E-state index is 5.37. The van der Waals surface area contributed by atoms with Crippen LogP contribution in [-0.4, -0.2) is 33.4 Å². The molecule has 0 unspecified atom stereocenters. The number of hydrogen-bond acceptors (Lipinski definition) is 4. The van der Waals surface area contributed by atoms with Crippen LogP contribution in [0.25, 0.3) is 11.2 Å². The summed E-state index contributed by atoms with van der Waals surface area (Å²) in [4.78, 5) is 12.3. The first-order chi connectivity index (χ1) is 8.72. The van der Waals surface area contributed by atoms with Gasteiger partial charge in [0.15, 0.2) is 10.8 Å². The Morgan fingerprint density at radius 1 is 1.39 bits per heavy atom. The van der Waals surface area contributed by atoms with Crippen LogP contribution in [0.2, 0.25) is 0 Å². The van der Waals surface area contributed by atoms with Crippen LogP contribution in [0, 0.1) is 6.92 Å². The van der Waals surface area contributed by atoms with Gasteiger partial charge < -0.3 is 9.72 Å². The average molecular weight is 328 g/mol. The summed E-state index contributed by atoms with van der Waals surface area (Å²) in [7, 11) is 0. The summed E-state index contributed by atoms with van der Waals surface area (Å²) in [5.74, 6) is 0. The van der Waals surface area contributed by atoms with Crippen LogP contribution >= 0.6 is 27.7 Å². The van der Waals surface area contributed by atoms with Crippen molar-refractivity contribution in [1.82, 2.24) is 15.0 Å². The van der Waals surface area contributed by atoms with Gasteiger partial charge >= 0.3 is 0 Å². The van der Waals surface area contributed by atoms with E-state index in [9.17, 15) is 0 Å². The number of nitrogens with one attached hydrogen (secondary N) is 1. The molecule has 0 spiro atoms. The highest BCUT2D eigenvalue weighted by Gasteiger charge is 2.17. The van der Waals surface area contributed by atoms with E-state index in [2.05, 4.69) is 30.9 Å². The number of H-pyrrole nitrogens is 1. The molecule has 0 aromatic carbocycles. The molecule has 0 atom stereocenters. The van der Waals surface area contributed by atoms with E-state index in [0.29, 0.717) is 5.25 Å². The van der Waals surface area contributed by atoms with Crippen molar-refractivity contribution in [3.8, 4) is 0 Å². The number of imidazole rings is 1. The molecule has 3 heterocycles. The zero-order valence-corrected chi connectivity index (χ0v) is 12.5. The van der Waals surface area contributed by atoms with Crippen molar-refractivity contribution < 1.29 is 4.74 Å². The molecule has 1 saturated heterocycles. The molecule has 1 fully saturated rings. The second kappa shape index (κ2) is 5.19. The number of fused-ring (bicyclic) bond motifs is 1. The molecule has 6 heteroatoms. The molecular formula is C12H14BrN3OS. The van der Waals surface area contributed by atoms with Crippen molar-refractivity contribution in [2.75, 3.05) is 13.2 Å². The van der Waals surface area contributed by atoms with E-state index in [0.717, 1.165) is 52.5 Å². The Morgan fingerprint density at radius 3 is 2.94 bits per heavy atom. The molecule has 18 heavy (non-hydrogen) atoms. The Hall–Kier alpha value is -0.590. The Balaban J connectivity index is 1.84. The number of aromatic amines is 1. The number of pyridine rings is 1. The molecule has 1 aliphatic rings. The van der Waals surface area contributed by atoms with E-state index >= 15 is 0 Å². The number of ether oxygens (including phenoxy) is 1. The third kappa shape index (κ3) is 2.55. The van der Waals surface area contributed by atoms with Gasteiger partial charge in [0.2, 0.25) is 0 Å². The van der Waals surface area contributed by atoms with E-state index in [1.165, 1.54) is 0 Å². The second-order valence-electron chi connectivity index (χ2n) is 4.40. The van der Waals surface area contributed by atoms with Crippen molar-refractivity contribution in [3.05, 3.63) is 16.2 Å². The van der Waals surface area contributed by atoms with Crippen LogP contribution < -0.4 is 0 Å². The van der Waals surface area contributed by atoms with E-state index in [-0.39, 0.29) is 0 Å². The largest absolute Gasteiger partial charge is 0.381 e. The highest BCUT2D eigenvalue weighted by molar-refractivity contribution is 9.10. The van der Waals surface area contributed by atoms with Gasteiger partial charge in [-0.1, -0.05) is 11.8 Å². The lowest BCUT2D eigenvalue weighted by Crippen LogP contribution is -2.17. The Labute approximate surface area is 118 Å². The summed E-state index contributed by atoms with van der Waals surface area (Å²) in [5.41, 5.74) is 2.75. The lowest BCUT2D eigenvalue weighted by molar-refractivity contribution is 0.1000. The maximum absolute atomic E-state index is 5.37. The minimum Gasteiger partial charge on any atom is -0.381 e. The van der Waals surface area contributed by atoms with Gasteiger partial charge in [-0.3, -0.25) is 0 Å². The fourth-order valence-electron chi connectivity index (χ4n) is 1.99. The summed E-state index contributed by atoms with van der Waals surface area (Å²) in [6, 6.07) is 2.04. The minimum absolute atomic E-state index is 0.601. The number of aromatic nitrogens is 3. The molecule has 0 radical (unpaired) electrons. The van der Waals surface area contributed by atoms with Crippen LogP contribution in [-0.2, 0) is 4.74 Å². The van der Waals surface area contributed by atoms with Crippen LogP contribution in [0.4, 0.5) is 0 Å². The smallest absolute Gasteiger partial charge is 0.178 e. The van der Waals surface area contributed by atoms with Gasteiger partial charge in [0.25, 0.3) is 0 Å². The standard InChI is InChI=1S/C12H14BrN3OS/c1-7-9(13)6-10-11(14-7)16-12(15-10)18-8-2-4-17-5-3-8/h6,8H,2-5H2,1H3,(H,14,15,16). The highest BCUT2D eigenvalue weighted by atomic mass is 79.9. The maximum Gasteiger partial charge on any atom is 0.178 e. The first kappa shape index (κ1) is 12.4. The number of rotatable bonds is 2. The van der Waals surface area contributed by atoms with Gasteiger partial charge in [-0.2, -0.15) is 0 Å². The molecule has 0 aliphatic carbocycles. The Bertz CT molecular complexity index is 527. The molecule has 3 rings (SSSR count). The minimum atomic E-state index is 0.601. The van der Waals surface area contributed by atoms with Gasteiger partial charge in [-0.25, -0.2) is 9.97 Å². The van der Waals surface area contributed by atoms with E-state index in [1.807, 2.05) is 13.0 Å². The van der Waals surface area contributed by atoms with Gasteiger partial charge in [-0.15, -0.1) is 0 Å². The van der Waals surface area contributed by atoms with Crippen molar-refractivity contribution >= 4 is 38.9 Å². The van der Waals surface area contributed by atoms with Crippen molar-refractivity contribution in [2.45, 2.75) is 30.2 Å². The Kier molecular flexibility index (Phi) is 3.59. The van der Waals surface area contributed by atoms with Gasteiger partial charge in [0.1, 0.15) is 0 Å². The highest BCUT2D eigenvalue weighted by Crippen LogP contribution is 2.29. The fraction of sp³-hybridized carbons (Fsp3) is 0.500. The number of nitrogens with zero attached hydrogens (tertiary/aromatic N) is 2. The summed E-state index contributed by atoms with van der Waals surface area (Å²) < 4.78 is 6.38. The quantitative estimate of drug-likeness (QED) is 0.919. The fourth-order valence-corrected chi connectivity index (χ4v) is 3.36. The monoisotopic (exact) mass is 327 g/mol. The molecule has 0 amide bonds. The molecule has 1 aliphatic heterocycles. The number of hydrogen-bond donors (Lipinski definition) is 1. The van der Waals surface area contributed by atoms with Crippen LogP contribution in [0.5, 0.6) is 0 Å². The van der Waals surface area contributed by atoms with Gasteiger partial charge in [0.05, 0.1) is 11.2 Å². The molecule has 4 nitrogen and oxygen atoms in total. The van der Waals surface area contributed by atoms with Crippen molar-refractivity contribution in [3.63, 3.8) is 0 Å². The molecule has 2 aromatic heterocycles. The van der Waals surface area contributed by atoms with Crippen molar-refractivity contribution in [2.24, 2.45) is 0 Å². The molecular weight excluding hydrogens is 314 g/mol. The van der Waals surface area contributed by atoms with Gasteiger partial charge in [-0.05, 0) is 41.8 Å². The predicted molar refractivity (Wildman–Crippen MR) is 76.0 cm³/mol. The summed E-state index contributed by atoms with van der Waals surface area (Å²) in [6.45, 7) is 3.70. The lowest BCUT2D eigenvalue weighted by Gasteiger charge is -2.19. The van der Waals surface area contributed by atoms with Gasteiger partial charge in [0, 0.05) is 22.9 Å². The number of thioether (sulfide) groups is 1. The zero-order chi connectivity index (χ0) is 12.5. The normalized spacial score (nSPS) is 17.4. The topological polar surface area (TPSA) is 50.8 Å².